The zero-order chi connectivity index (χ0) is 11.8. The van der Waals surface area contributed by atoms with Crippen LogP contribution in [0.1, 0.15) is 46.0 Å². The molecule has 2 rings (SSSR count). The van der Waals surface area contributed by atoms with Gasteiger partial charge in [0.05, 0.1) is 6.61 Å². The van der Waals surface area contributed by atoms with E-state index in [0.29, 0.717) is 24.2 Å². The lowest BCUT2D eigenvalue weighted by molar-refractivity contribution is -0.145. The summed E-state index contributed by atoms with van der Waals surface area (Å²) in [6.07, 6.45) is 4.72. The number of esters is 1. The lowest BCUT2D eigenvalue weighted by Crippen LogP contribution is -2.39. The molecular weight excluding hydrogens is 204 g/mol. The average Bonchev–Trinajstić information content (AvgIpc) is 2.11. The highest BCUT2D eigenvalue weighted by molar-refractivity contribution is 5.80. The van der Waals surface area contributed by atoms with Gasteiger partial charge in [-0.25, -0.2) is 0 Å². The Bertz CT molecular complexity index is 310. The first kappa shape index (κ1) is 11.6. The molecule has 2 fully saturated rings. The molecule has 16 heavy (non-hydrogen) atoms. The smallest absolute Gasteiger partial charge is 0.302 e. The molecule has 0 heterocycles. The molecule has 90 valence electrons. The van der Waals surface area contributed by atoms with Gasteiger partial charge >= 0.3 is 5.97 Å². The van der Waals surface area contributed by atoms with Gasteiger partial charge in [0.2, 0.25) is 0 Å². The van der Waals surface area contributed by atoms with Gasteiger partial charge in [0, 0.05) is 19.8 Å². The third kappa shape index (κ3) is 2.63. The maximum Gasteiger partial charge on any atom is 0.302 e. The van der Waals surface area contributed by atoms with Crippen molar-refractivity contribution in [1.82, 2.24) is 0 Å². The molecule has 2 saturated carbocycles. The SMILES string of the molecule is CC(=O)OCC1CC2CC(=O)CC(C)(C1)C2. The minimum absolute atomic E-state index is 0.170. The lowest BCUT2D eigenvalue weighted by atomic mass is 9.60. The van der Waals surface area contributed by atoms with Crippen molar-refractivity contribution in [2.24, 2.45) is 17.3 Å². The summed E-state index contributed by atoms with van der Waals surface area (Å²) in [5, 5.41) is 0. The molecule has 0 aromatic heterocycles. The molecular formula is C13H20O3. The molecule has 0 saturated heterocycles. The second-order valence-electron chi connectivity index (χ2n) is 5.91. The van der Waals surface area contributed by atoms with E-state index in [4.69, 9.17) is 4.74 Å². The molecule has 2 bridgehead atoms. The normalized spacial score (nSPS) is 38.2. The van der Waals surface area contributed by atoms with Crippen LogP contribution in [0.3, 0.4) is 0 Å². The Kier molecular flexibility index (Phi) is 3.04. The summed E-state index contributed by atoms with van der Waals surface area (Å²) in [6, 6.07) is 0. The van der Waals surface area contributed by atoms with E-state index < -0.39 is 0 Å². The first-order valence-corrected chi connectivity index (χ1v) is 6.12. The van der Waals surface area contributed by atoms with Crippen molar-refractivity contribution in [2.45, 2.75) is 46.0 Å². The monoisotopic (exact) mass is 224 g/mol. The van der Waals surface area contributed by atoms with E-state index in [1.54, 1.807) is 0 Å². The minimum Gasteiger partial charge on any atom is -0.466 e. The summed E-state index contributed by atoms with van der Waals surface area (Å²) < 4.78 is 5.09. The number of hydrogen-bond acceptors (Lipinski definition) is 3. The summed E-state index contributed by atoms with van der Waals surface area (Å²) >= 11 is 0. The van der Waals surface area contributed by atoms with Crippen LogP contribution < -0.4 is 0 Å². The summed E-state index contributed by atoms with van der Waals surface area (Å²) in [6.45, 7) is 4.20. The van der Waals surface area contributed by atoms with Crippen molar-refractivity contribution < 1.29 is 14.3 Å². The van der Waals surface area contributed by atoms with Gasteiger partial charge in [-0.1, -0.05) is 6.92 Å². The maximum atomic E-state index is 11.6. The molecule has 0 aliphatic heterocycles. The van der Waals surface area contributed by atoms with Crippen LogP contribution in [-0.2, 0) is 14.3 Å². The molecule has 3 nitrogen and oxygen atoms in total. The Balaban J connectivity index is 1.95. The van der Waals surface area contributed by atoms with E-state index in [-0.39, 0.29) is 11.4 Å². The van der Waals surface area contributed by atoms with Crippen LogP contribution in [0.4, 0.5) is 0 Å². The van der Waals surface area contributed by atoms with E-state index >= 15 is 0 Å². The topological polar surface area (TPSA) is 43.4 Å². The van der Waals surface area contributed by atoms with Crippen molar-refractivity contribution in [2.75, 3.05) is 6.61 Å². The van der Waals surface area contributed by atoms with Crippen LogP contribution in [0.5, 0.6) is 0 Å². The Morgan fingerprint density at radius 1 is 1.50 bits per heavy atom. The molecule has 3 heteroatoms. The van der Waals surface area contributed by atoms with Crippen LogP contribution in [0, 0.1) is 17.3 Å². The van der Waals surface area contributed by atoms with Gasteiger partial charge in [-0.05, 0) is 36.5 Å². The number of ether oxygens (including phenoxy) is 1. The van der Waals surface area contributed by atoms with Gasteiger partial charge in [0.1, 0.15) is 5.78 Å². The summed E-state index contributed by atoms with van der Waals surface area (Å²) in [4.78, 5) is 22.4. The van der Waals surface area contributed by atoms with Gasteiger partial charge in [0.15, 0.2) is 0 Å². The second kappa shape index (κ2) is 4.19. The molecule has 0 N–H and O–H groups in total. The van der Waals surface area contributed by atoms with Gasteiger partial charge in [0.25, 0.3) is 0 Å². The average molecular weight is 224 g/mol. The lowest BCUT2D eigenvalue weighted by Gasteiger charge is -2.45. The number of carbonyl (C=O) groups excluding carboxylic acids is 2. The van der Waals surface area contributed by atoms with Gasteiger partial charge in [-0.2, -0.15) is 0 Å². The van der Waals surface area contributed by atoms with Crippen LogP contribution in [0.2, 0.25) is 0 Å². The predicted octanol–water partition coefficient (Wildman–Crippen LogP) is 2.33. The van der Waals surface area contributed by atoms with E-state index in [9.17, 15) is 9.59 Å². The Morgan fingerprint density at radius 2 is 2.25 bits per heavy atom. The number of hydrogen-bond donors (Lipinski definition) is 0. The van der Waals surface area contributed by atoms with Crippen molar-refractivity contribution >= 4 is 11.8 Å². The standard InChI is InChI=1S/C13H20O3/c1-9(14)16-8-11-3-10-4-12(15)7-13(2,5-10)6-11/h10-11H,3-8H2,1-2H3. The summed E-state index contributed by atoms with van der Waals surface area (Å²) in [5.74, 6) is 1.21. The van der Waals surface area contributed by atoms with Crippen LogP contribution >= 0.6 is 0 Å². The van der Waals surface area contributed by atoms with Crippen molar-refractivity contribution in [3.63, 3.8) is 0 Å². The van der Waals surface area contributed by atoms with Gasteiger partial charge in [-0.3, -0.25) is 9.59 Å². The fourth-order valence-electron chi connectivity index (χ4n) is 3.65. The molecule has 0 aromatic rings. The summed E-state index contributed by atoms with van der Waals surface area (Å²) in [5.41, 5.74) is 0.170. The third-order valence-corrected chi connectivity index (χ3v) is 3.89. The Morgan fingerprint density at radius 3 is 2.88 bits per heavy atom. The maximum absolute atomic E-state index is 11.6. The Labute approximate surface area is 96.5 Å². The van der Waals surface area contributed by atoms with Crippen LogP contribution in [0.25, 0.3) is 0 Å². The first-order chi connectivity index (χ1) is 7.47. The molecule has 0 aromatic carbocycles. The zero-order valence-corrected chi connectivity index (χ0v) is 10.1. The number of ketones is 1. The molecule has 0 radical (unpaired) electrons. The predicted molar refractivity (Wildman–Crippen MR) is 59.8 cm³/mol. The van der Waals surface area contributed by atoms with Gasteiger partial charge in [-0.15, -0.1) is 0 Å². The number of carbonyl (C=O) groups is 2. The summed E-state index contributed by atoms with van der Waals surface area (Å²) in [7, 11) is 0. The molecule has 3 unspecified atom stereocenters. The highest BCUT2D eigenvalue weighted by atomic mass is 16.5. The number of rotatable bonds is 2. The van der Waals surface area contributed by atoms with E-state index in [1.807, 2.05) is 0 Å². The van der Waals surface area contributed by atoms with Crippen LogP contribution in [0.15, 0.2) is 0 Å². The highest BCUT2D eigenvalue weighted by Crippen LogP contribution is 2.49. The quantitative estimate of drug-likeness (QED) is 0.676. The largest absolute Gasteiger partial charge is 0.466 e. The third-order valence-electron chi connectivity index (χ3n) is 3.89. The zero-order valence-electron chi connectivity index (χ0n) is 10.1. The van der Waals surface area contributed by atoms with Crippen molar-refractivity contribution in [1.29, 1.82) is 0 Å². The van der Waals surface area contributed by atoms with E-state index in [2.05, 4.69) is 6.92 Å². The van der Waals surface area contributed by atoms with E-state index in [1.165, 1.54) is 13.3 Å². The highest BCUT2D eigenvalue weighted by Gasteiger charge is 2.43. The Hall–Kier alpha value is -0.860. The first-order valence-electron chi connectivity index (χ1n) is 6.12. The fourth-order valence-corrected chi connectivity index (χ4v) is 3.65. The number of fused-ring (bicyclic) bond motifs is 2. The molecule has 0 amide bonds. The van der Waals surface area contributed by atoms with Crippen LogP contribution in [-0.4, -0.2) is 18.4 Å². The molecule has 2 aliphatic rings. The molecule has 2 aliphatic carbocycles. The fraction of sp³-hybridized carbons (Fsp3) is 0.846. The molecule has 3 atom stereocenters. The van der Waals surface area contributed by atoms with Crippen molar-refractivity contribution in [3.05, 3.63) is 0 Å². The van der Waals surface area contributed by atoms with Crippen molar-refractivity contribution in [3.8, 4) is 0 Å². The molecule has 0 spiro atoms. The van der Waals surface area contributed by atoms with Gasteiger partial charge < -0.3 is 4.74 Å². The number of Topliss-reactive ketones (excluding diaryl/α,β-unsaturated/α-hetero) is 1. The van der Waals surface area contributed by atoms with E-state index in [0.717, 1.165) is 25.7 Å². The minimum atomic E-state index is -0.197. The second-order valence-corrected chi connectivity index (χ2v) is 5.91.